The molecule has 0 aliphatic heterocycles. The maximum absolute atomic E-state index is 11.8. The van der Waals surface area contributed by atoms with Crippen molar-refractivity contribution in [1.29, 1.82) is 0 Å². The standard InChI is InChI=1S/C19H17BrO2/c1-3-22-19(21)12(2)13-6-8-17-14(10-13)4-5-15-11-16(20)7-9-18(15)17/h6-11H,2-5H2,1H3. The first-order valence-electron chi connectivity index (χ1n) is 7.38. The molecule has 0 fully saturated rings. The van der Waals surface area contributed by atoms with Crippen molar-refractivity contribution in [3.8, 4) is 11.1 Å². The number of benzene rings is 2. The first-order valence-corrected chi connectivity index (χ1v) is 8.17. The minimum atomic E-state index is -0.345. The number of halogens is 1. The lowest BCUT2D eigenvalue weighted by molar-refractivity contribution is -0.136. The van der Waals surface area contributed by atoms with Crippen LogP contribution in [0.3, 0.4) is 0 Å². The van der Waals surface area contributed by atoms with Crippen molar-refractivity contribution >= 4 is 27.5 Å². The Morgan fingerprint density at radius 1 is 1.14 bits per heavy atom. The second kappa shape index (κ2) is 6.09. The summed E-state index contributed by atoms with van der Waals surface area (Å²) >= 11 is 3.53. The highest BCUT2D eigenvalue weighted by atomic mass is 79.9. The Labute approximate surface area is 138 Å². The van der Waals surface area contributed by atoms with Crippen LogP contribution < -0.4 is 0 Å². The summed E-state index contributed by atoms with van der Waals surface area (Å²) in [5, 5.41) is 0. The average molecular weight is 357 g/mol. The second-order valence-electron chi connectivity index (χ2n) is 5.37. The lowest BCUT2D eigenvalue weighted by Crippen LogP contribution is -2.08. The zero-order chi connectivity index (χ0) is 15.7. The van der Waals surface area contributed by atoms with Gasteiger partial charge in [0.25, 0.3) is 0 Å². The first-order chi connectivity index (χ1) is 10.6. The lowest BCUT2D eigenvalue weighted by Gasteiger charge is -2.21. The molecule has 0 unspecified atom stereocenters. The number of fused-ring (bicyclic) bond motifs is 3. The van der Waals surface area contributed by atoms with Gasteiger partial charge in [0.2, 0.25) is 0 Å². The van der Waals surface area contributed by atoms with Gasteiger partial charge in [-0.25, -0.2) is 4.79 Å². The average Bonchev–Trinajstić information content (AvgIpc) is 2.53. The van der Waals surface area contributed by atoms with E-state index in [0.29, 0.717) is 12.2 Å². The number of hydrogen-bond acceptors (Lipinski definition) is 2. The van der Waals surface area contributed by atoms with Crippen molar-refractivity contribution in [1.82, 2.24) is 0 Å². The third-order valence-corrected chi connectivity index (χ3v) is 4.49. The van der Waals surface area contributed by atoms with Crippen molar-refractivity contribution in [3.05, 3.63) is 64.1 Å². The second-order valence-corrected chi connectivity index (χ2v) is 6.29. The number of ether oxygens (including phenoxy) is 1. The molecule has 0 radical (unpaired) electrons. The maximum Gasteiger partial charge on any atom is 0.338 e. The molecular weight excluding hydrogens is 340 g/mol. The van der Waals surface area contributed by atoms with Gasteiger partial charge < -0.3 is 4.74 Å². The summed E-state index contributed by atoms with van der Waals surface area (Å²) in [5.74, 6) is -0.345. The van der Waals surface area contributed by atoms with Gasteiger partial charge in [0.05, 0.1) is 12.2 Å². The molecule has 0 bridgehead atoms. The van der Waals surface area contributed by atoms with Crippen molar-refractivity contribution in [3.63, 3.8) is 0 Å². The van der Waals surface area contributed by atoms with Gasteiger partial charge in [-0.1, -0.05) is 46.8 Å². The van der Waals surface area contributed by atoms with E-state index in [1.165, 1.54) is 22.3 Å². The summed E-state index contributed by atoms with van der Waals surface area (Å²) in [7, 11) is 0. The molecule has 112 valence electrons. The van der Waals surface area contributed by atoms with Gasteiger partial charge in [-0.05, 0) is 59.7 Å². The van der Waals surface area contributed by atoms with Crippen LogP contribution in [0.2, 0.25) is 0 Å². The fraction of sp³-hybridized carbons (Fsp3) is 0.211. The molecule has 2 aromatic rings. The monoisotopic (exact) mass is 356 g/mol. The highest BCUT2D eigenvalue weighted by molar-refractivity contribution is 9.10. The van der Waals surface area contributed by atoms with Crippen molar-refractivity contribution < 1.29 is 9.53 Å². The quantitative estimate of drug-likeness (QED) is 0.583. The van der Waals surface area contributed by atoms with Crippen LogP contribution in [0, 0.1) is 0 Å². The predicted molar refractivity (Wildman–Crippen MR) is 92.7 cm³/mol. The zero-order valence-corrected chi connectivity index (χ0v) is 14.1. The van der Waals surface area contributed by atoms with Gasteiger partial charge >= 0.3 is 5.97 Å². The van der Waals surface area contributed by atoms with Gasteiger partial charge in [-0.3, -0.25) is 0 Å². The van der Waals surface area contributed by atoms with E-state index in [4.69, 9.17) is 4.74 Å². The molecule has 0 N–H and O–H groups in total. The molecule has 0 amide bonds. The Bertz CT molecular complexity index is 762. The molecule has 3 heteroatoms. The predicted octanol–water partition coefficient (Wildman–Crippen LogP) is 4.79. The molecule has 22 heavy (non-hydrogen) atoms. The molecule has 3 rings (SSSR count). The lowest BCUT2D eigenvalue weighted by atomic mass is 9.84. The summed E-state index contributed by atoms with van der Waals surface area (Å²) in [5.41, 5.74) is 6.41. The summed E-state index contributed by atoms with van der Waals surface area (Å²) in [6, 6.07) is 12.5. The van der Waals surface area contributed by atoms with Crippen LogP contribution in [0.25, 0.3) is 16.7 Å². The maximum atomic E-state index is 11.8. The zero-order valence-electron chi connectivity index (χ0n) is 12.5. The van der Waals surface area contributed by atoms with Gasteiger partial charge in [0.1, 0.15) is 0 Å². The Morgan fingerprint density at radius 3 is 2.45 bits per heavy atom. The fourth-order valence-electron chi connectivity index (χ4n) is 2.89. The van der Waals surface area contributed by atoms with E-state index in [0.717, 1.165) is 22.9 Å². The molecule has 1 aliphatic rings. The van der Waals surface area contributed by atoms with Crippen molar-refractivity contribution in [2.24, 2.45) is 0 Å². The number of carbonyl (C=O) groups is 1. The van der Waals surface area contributed by atoms with Gasteiger partial charge in [0, 0.05) is 4.47 Å². The van der Waals surface area contributed by atoms with Crippen LogP contribution in [-0.2, 0) is 22.4 Å². The van der Waals surface area contributed by atoms with Gasteiger partial charge in [-0.15, -0.1) is 0 Å². The molecule has 0 heterocycles. The van der Waals surface area contributed by atoms with Crippen LogP contribution >= 0.6 is 15.9 Å². The first kappa shape index (κ1) is 15.0. The van der Waals surface area contributed by atoms with E-state index in [1.54, 1.807) is 6.92 Å². The molecule has 2 nitrogen and oxygen atoms in total. The van der Waals surface area contributed by atoms with Crippen LogP contribution in [0.1, 0.15) is 23.6 Å². The van der Waals surface area contributed by atoms with Crippen LogP contribution in [-0.4, -0.2) is 12.6 Å². The number of aryl methyl sites for hydroxylation is 2. The molecule has 0 spiro atoms. The molecule has 1 aliphatic carbocycles. The van der Waals surface area contributed by atoms with E-state index in [2.05, 4.69) is 52.8 Å². The SMILES string of the molecule is C=C(C(=O)OCC)c1ccc2c(c1)CCc1cc(Br)ccc1-2. The van der Waals surface area contributed by atoms with Gasteiger partial charge in [-0.2, -0.15) is 0 Å². The number of carbonyl (C=O) groups excluding carboxylic acids is 1. The largest absolute Gasteiger partial charge is 0.462 e. The van der Waals surface area contributed by atoms with Crippen molar-refractivity contribution in [2.75, 3.05) is 6.61 Å². The Hall–Kier alpha value is -1.87. The summed E-state index contributed by atoms with van der Waals surface area (Å²) in [6.45, 7) is 6.03. The Morgan fingerprint density at radius 2 is 1.77 bits per heavy atom. The Kier molecular flexibility index (Phi) is 4.16. The summed E-state index contributed by atoms with van der Waals surface area (Å²) < 4.78 is 6.14. The van der Waals surface area contributed by atoms with Crippen molar-refractivity contribution in [2.45, 2.75) is 19.8 Å². The minimum absolute atomic E-state index is 0.345. The molecule has 0 aromatic heterocycles. The topological polar surface area (TPSA) is 26.3 Å². The van der Waals surface area contributed by atoms with Crippen LogP contribution in [0.15, 0.2) is 47.4 Å². The van der Waals surface area contributed by atoms with E-state index < -0.39 is 0 Å². The number of esters is 1. The minimum Gasteiger partial charge on any atom is -0.462 e. The molecule has 0 atom stereocenters. The normalized spacial score (nSPS) is 12.3. The number of rotatable bonds is 3. The Balaban J connectivity index is 1.98. The van der Waals surface area contributed by atoms with E-state index >= 15 is 0 Å². The van der Waals surface area contributed by atoms with Crippen LogP contribution in [0.4, 0.5) is 0 Å². The third-order valence-electron chi connectivity index (χ3n) is 4.00. The highest BCUT2D eigenvalue weighted by Gasteiger charge is 2.18. The summed E-state index contributed by atoms with van der Waals surface area (Å²) in [6.07, 6.45) is 1.99. The van der Waals surface area contributed by atoms with Gasteiger partial charge in [0.15, 0.2) is 0 Å². The molecule has 0 saturated carbocycles. The highest BCUT2D eigenvalue weighted by Crippen LogP contribution is 2.36. The van der Waals surface area contributed by atoms with E-state index in [1.807, 2.05) is 6.07 Å². The third kappa shape index (κ3) is 2.73. The van der Waals surface area contributed by atoms with E-state index in [9.17, 15) is 4.79 Å². The summed E-state index contributed by atoms with van der Waals surface area (Å²) in [4.78, 5) is 11.8. The molecule has 0 saturated heterocycles. The molecular formula is C19H17BrO2. The molecule has 2 aromatic carbocycles. The smallest absolute Gasteiger partial charge is 0.338 e. The van der Waals surface area contributed by atoms with Crippen LogP contribution in [0.5, 0.6) is 0 Å². The number of hydrogen-bond donors (Lipinski definition) is 0. The fourth-order valence-corrected chi connectivity index (χ4v) is 3.30. The van der Waals surface area contributed by atoms with E-state index in [-0.39, 0.29) is 5.97 Å².